The fourth-order valence-corrected chi connectivity index (χ4v) is 3.55. The molecule has 0 saturated carbocycles. The van der Waals surface area contributed by atoms with Crippen LogP contribution in [0.25, 0.3) is 0 Å². The number of aryl methyl sites for hydroxylation is 1. The average Bonchev–Trinajstić information content (AvgIpc) is 3.28. The summed E-state index contributed by atoms with van der Waals surface area (Å²) in [6.45, 7) is 5.04. The molecule has 0 unspecified atom stereocenters. The van der Waals surface area contributed by atoms with Gasteiger partial charge in [0.1, 0.15) is 10.8 Å². The van der Waals surface area contributed by atoms with Crippen LogP contribution in [-0.2, 0) is 6.54 Å². The summed E-state index contributed by atoms with van der Waals surface area (Å²) in [5.41, 5.74) is 0.985. The summed E-state index contributed by atoms with van der Waals surface area (Å²) in [6.07, 6.45) is 4.09. The molecule has 3 heterocycles. The molecule has 1 aliphatic rings. The number of hydrogen-bond acceptors (Lipinski definition) is 5. The van der Waals surface area contributed by atoms with Crippen LogP contribution in [0.4, 0.5) is 4.79 Å². The van der Waals surface area contributed by atoms with E-state index in [0.29, 0.717) is 13.1 Å². The van der Waals surface area contributed by atoms with E-state index in [1.165, 1.54) is 12.8 Å². The number of rotatable bonds is 6. The van der Waals surface area contributed by atoms with Gasteiger partial charge in [-0.15, -0.1) is 11.3 Å². The van der Waals surface area contributed by atoms with Gasteiger partial charge in [0.15, 0.2) is 0 Å². The lowest BCUT2D eigenvalue weighted by Gasteiger charge is -2.26. The molecule has 1 fully saturated rings. The van der Waals surface area contributed by atoms with Crippen molar-refractivity contribution in [3.63, 3.8) is 0 Å². The Morgan fingerprint density at radius 3 is 2.91 bits per heavy atom. The first-order valence-corrected chi connectivity index (χ1v) is 8.80. The molecular weight excluding hydrogens is 312 g/mol. The number of carbonyl (C=O) groups excluding carboxylic acids is 1. The fraction of sp³-hybridized carbons (Fsp3) is 0.500. The molecule has 2 N–H and O–H groups in total. The number of amides is 2. The van der Waals surface area contributed by atoms with Crippen molar-refractivity contribution in [1.29, 1.82) is 0 Å². The summed E-state index contributed by atoms with van der Waals surface area (Å²) >= 11 is 1.56. The van der Waals surface area contributed by atoms with E-state index in [9.17, 15) is 4.79 Å². The predicted octanol–water partition coefficient (Wildman–Crippen LogP) is 2.68. The van der Waals surface area contributed by atoms with Gasteiger partial charge in [0.25, 0.3) is 0 Å². The SMILES string of the molecule is Cc1csc(CNC(=O)NC[C@H](c2ccco2)N2CCCC2)n1. The second-order valence-corrected chi connectivity index (χ2v) is 6.66. The van der Waals surface area contributed by atoms with Crippen molar-refractivity contribution in [3.8, 4) is 0 Å². The van der Waals surface area contributed by atoms with Crippen LogP contribution in [0, 0.1) is 6.92 Å². The van der Waals surface area contributed by atoms with Crippen molar-refractivity contribution in [2.24, 2.45) is 0 Å². The standard InChI is InChI=1S/C16H22N4O2S/c1-12-11-23-15(19-12)10-18-16(21)17-9-13(14-5-4-8-22-14)20-6-2-3-7-20/h4-5,8,11,13H,2-3,6-7,9-10H2,1H3,(H2,17,18,21)/t13-/m1/s1. The van der Waals surface area contributed by atoms with Crippen molar-refractivity contribution < 1.29 is 9.21 Å². The zero-order valence-electron chi connectivity index (χ0n) is 13.2. The lowest BCUT2D eigenvalue weighted by Crippen LogP contribution is -2.41. The van der Waals surface area contributed by atoms with E-state index in [0.717, 1.165) is 29.6 Å². The molecule has 6 nitrogen and oxygen atoms in total. The molecule has 1 aliphatic heterocycles. The molecule has 2 aromatic heterocycles. The third-order valence-electron chi connectivity index (χ3n) is 3.98. The number of aromatic nitrogens is 1. The summed E-state index contributed by atoms with van der Waals surface area (Å²) in [7, 11) is 0. The van der Waals surface area contributed by atoms with E-state index < -0.39 is 0 Å². The van der Waals surface area contributed by atoms with Crippen molar-refractivity contribution >= 4 is 17.4 Å². The maximum Gasteiger partial charge on any atom is 0.315 e. The molecule has 0 aromatic carbocycles. The van der Waals surface area contributed by atoms with Crippen LogP contribution in [0.2, 0.25) is 0 Å². The summed E-state index contributed by atoms with van der Waals surface area (Å²) in [4.78, 5) is 18.7. The Balaban J connectivity index is 1.50. The highest BCUT2D eigenvalue weighted by Crippen LogP contribution is 2.24. The molecule has 0 aliphatic carbocycles. The van der Waals surface area contributed by atoms with Crippen LogP contribution in [0.3, 0.4) is 0 Å². The molecule has 0 spiro atoms. The first kappa shape index (κ1) is 16.0. The Morgan fingerprint density at radius 2 is 2.26 bits per heavy atom. The smallest absolute Gasteiger partial charge is 0.315 e. The van der Waals surface area contributed by atoms with Gasteiger partial charge in [0.05, 0.1) is 18.8 Å². The number of thiazole rings is 1. The Bertz CT molecular complexity index is 620. The average molecular weight is 334 g/mol. The number of carbonyl (C=O) groups is 1. The molecule has 0 bridgehead atoms. The van der Waals surface area contributed by atoms with Crippen molar-refractivity contribution in [2.45, 2.75) is 32.4 Å². The molecule has 124 valence electrons. The third kappa shape index (κ3) is 4.33. The van der Waals surface area contributed by atoms with Gasteiger partial charge in [-0.05, 0) is 45.0 Å². The number of likely N-dealkylation sites (tertiary alicyclic amines) is 1. The number of furan rings is 1. The molecule has 7 heteroatoms. The maximum absolute atomic E-state index is 12.0. The summed E-state index contributed by atoms with van der Waals surface area (Å²) in [5, 5.41) is 8.70. The molecule has 1 atom stereocenters. The summed E-state index contributed by atoms with van der Waals surface area (Å²) in [6, 6.07) is 3.79. The van der Waals surface area contributed by atoms with Gasteiger partial charge in [0, 0.05) is 17.6 Å². The van der Waals surface area contributed by atoms with Crippen LogP contribution in [0.1, 0.15) is 35.3 Å². The quantitative estimate of drug-likeness (QED) is 0.852. The van der Waals surface area contributed by atoms with Gasteiger partial charge in [-0.3, -0.25) is 4.90 Å². The number of nitrogens with zero attached hydrogens (tertiary/aromatic N) is 2. The number of urea groups is 1. The van der Waals surface area contributed by atoms with E-state index in [2.05, 4.69) is 20.5 Å². The Labute approximate surface area is 139 Å². The van der Waals surface area contributed by atoms with Gasteiger partial charge < -0.3 is 15.1 Å². The maximum atomic E-state index is 12.0. The Hall–Kier alpha value is -1.86. The summed E-state index contributed by atoms with van der Waals surface area (Å²) < 4.78 is 5.55. The van der Waals surface area contributed by atoms with E-state index >= 15 is 0 Å². The van der Waals surface area contributed by atoms with Gasteiger partial charge in [-0.1, -0.05) is 0 Å². The molecular formula is C16H22N4O2S. The second kappa shape index (κ2) is 7.61. The van der Waals surface area contributed by atoms with Crippen LogP contribution >= 0.6 is 11.3 Å². The molecule has 23 heavy (non-hydrogen) atoms. The minimum Gasteiger partial charge on any atom is -0.468 e. The van der Waals surface area contributed by atoms with Crippen molar-refractivity contribution in [1.82, 2.24) is 20.5 Å². The minimum absolute atomic E-state index is 0.0976. The Kier molecular flexibility index (Phi) is 5.30. The topological polar surface area (TPSA) is 70.4 Å². The predicted molar refractivity (Wildman–Crippen MR) is 89.3 cm³/mol. The minimum atomic E-state index is -0.173. The third-order valence-corrected chi connectivity index (χ3v) is 4.94. The van der Waals surface area contributed by atoms with E-state index in [4.69, 9.17) is 4.42 Å². The fourth-order valence-electron chi connectivity index (χ4n) is 2.84. The highest BCUT2D eigenvalue weighted by atomic mass is 32.1. The van der Waals surface area contributed by atoms with Crippen LogP contribution < -0.4 is 10.6 Å². The van der Waals surface area contributed by atoms with Gasteiger partial charge in [-0.25, -0.2) is 9.78 Å². The van der Waals surface area contributed by atoms with Gasteiger partial charge in [-0.2, -0.15) is 0 Å². The van der Waals surface area contributed by atoms with Crippen LogP contribution in [0.15, 0.2) is 28.2 Å². The molecule has 0 radical (unpaired) electrons. The van der Waals surface area contributed by atoms with E-state index in [1.54, 1.807) is 17.6 Å². The van der Waals surface area contributed by atoms with Crippen molar-refractivity contribution in [3.05, 3.63) is 40.2 Å². The Morgan fingerprint density at radius 1 is 1.43 bits per heavy atom. The zero-order valence-corrected chi connectivity index (χ0v) is 14.1. The molecule has 1 saturated heterocycles. The van der Waals surface area contributed by atoms with Crippen molar-refractivity contribution in [2.75, 3.05) is 19.6 Å². The van der Waals surface area contributed by atoms with Crippen LogP contribution in [0.5, 0.6) is 0 Å². The zero-order chi connectivity index (χ0) is 16.1. The lowest BCUT2D eigenvalue weighted by atomic mass is 10.2. The van der Waals surface area contributed by atoms with Crippen LogP contribution in [-0.4, -0.2) is 35.5 Å². The first-order chi connectivity index (χ1) is 11.2. The highest BCUT2D eigenvalue weighted by Gasteiger charge is 2.25. The first-order valence-electron chi connectivity index (χ1n) is 7.92. The number of nitrogens with one attached hydrogen (secondary N) is 2. The molecule has 2 amide bonds. The van der Waals surface area contributed by atoms with Gasteiger partial charge in [0.2, 0.25) is 0 Å². The van der Waals surface area contributed by atoms with Gasteiger partial charge >= 0.3 is 6.03 Å². The largest absolute Gasteiger partial charge is 0.468 e. The highest BCUT2D eigenvalue weighted by molar-refractivity contribution is 7.09. The molecule has 2 aromatic rings. The lowest BCUT2D eigenvalue weighted by molar-refractivity contribution is 0.203. The normalized spacial score (nSPS) is 16.4. The van der Waals surface area contributed by atoms with E-state index in [1.807, 2.05) is 24.4 Å². The molecule has 3 rings (SSSR count). The number of hydrogen-bond donors (Lipinski definition) is 2. The van der Waals surface area contributed by atoms with E-state index in [-0.39, 0.29) is 12.1 Å². The monoisotopic (exact) mass is 334 g/mol. The summed E-state index contributed by atoms with van der Waals surface area (Å²) in [5.74, 6) is 0.905. The second-order valence-electron chi connectivity index (χ2n) is 5.72.